The van der Waals surface area contributed by atoms with E-state index in [2.05, 4.69) is 0 Å². The highest BCUT2D eigenvalue weighted by Crippen LogP contribution is 2.42. The smallest absolute Gasteiger partial charge is 0.208 e. The van der Waals surface area contributed by atoms with Crippen molar-refractivity contribution in [3.05, 3.63) is 64.7 Å². The van der Waals surface area contributed by atoms with E-state index in [0.717, 1.165) is 6.08 Å². The van der Waals surface area contributed by atoms with Crippen LogP contribution in [0.4, 0.5) is 0 Å². The number of rotatable bonds is 3. The second kappa shape index (κ2) is 7.68. The zero-order valence-electron chi connectivity index (χ0n) is 18.2. The summed E-state index contributed by atoms with van der Waals surface area (Å²) in [4.78, 5) is 0.106. The lowest BCUT2D eigenvalue weighted by molar-refractivity contribution is 0.423. The molecule has 0 spiro atoms. The van der Waals surface area contributed by atoms with E-state index in [-0.39, 0.29) is 15.6 Å². The van der Waals surface area contributed by atoms with Gasteiger partial charge in [0.1, 0.15) is 5.75 Å². The van der Waals surface area contributed by atoms with Crippen LogP contribution >= 0.6 is 0 Å². The molecule has 4 nitrogen and oxygen atoms in total. The van der Waals surface area contributed by atoms with Gasteiger partial charge in [0.25, 0.3) is 0 Å². The largest absolute Gasteiger partial charge is 0.507 e. The van der Waals surface area contributed by atoms with E-state index in [1.54, 1.807) is 43.3 Å². The fourth-order valence-electron chi connectivity index (χ4n) is 3.27. The summed E-state index contributed by atoms with van der Waals surface area (Å²) in [6, 6.07) is 12.0. The number of allylic oxidation sites excluding steroid dienone is 1. The zero-order chi connectivity index (χ0) is 22.2. The Morgan fingerprint density at radius 2 is 1.48 bits per heavy atom. The predicted molar refractivity (Wildman–Crippen MR) is 117 cm³/mol. The topological polar surface area (TPSA) is 78.2 Å². The first-order chi connectivity index (χ1) is 13.2. The average molecular weight is 412 g/mol. The van der Waals surface area contributed by atoms with Crippen molar-refractivity contribution >= 4 is 14.7 Å². The molecule has 5 heteroatoms. The Balaban J connectivity index is 2.91. The van der Waals surface area contributed by atoms with Gasteiger partial charge in [-0.1, -0.05) is 59.7 Å². The van der Waals surface area contributed by atoms with E-state index in [4.69, 9.17) is 0 Å². The fraction of sp³-hybridized carbons (Fsp3) is 0.375. The second-order valence-electron chi connectivity index (χ2n) is 9.33. The van der Waals surface area contributed by atoms with Crippen molar-refractivity contribution in [3.63, 3.8) is 0 Å². The van der Waals surface area contributed by atoms with E-state index in [1.807, 2.05) is 47.6 Å². The van der Waals surface area contributed by atoms with Gasteiger partial charge in [0, 0.05) is 17.2 Å². The molecule has 2 aromatic rings. The maximum Gasteiger partial charge on any atom is 0.208 e. The molecule has 0 fully saturated rings. The molecule has 0 saturated carbocycles. The third kappa shape index (κ3) is 4.54. The molecule has 0 heterocycles. The SMILES string of the molecule is Cc1ccccc1S(=O)(=O)C(=CC#N)c1cc(C(C)(C)C)c(O)c(C(C)(C)C)c1. The number of nitriles is 1. The number of hydrogen-bond acceptors (Lipinski definition) is 4. The standard InChI is InChI=1S/C24H29NO3S/c1-16-10-8-9-11-20(16)29(27,28)21(12-13-25)17-14-18(23(2,3)4)22(26)19(15-17)24(5,6)7/h8-12,14-15,26H,1-7H3. The van der Waals surface area contributed by atoms with Gasteiger partial charge >= 0.3 is 0 Å². The number of sulfone groups is 1. The maximum absolute atomic E-state index is 13.5. The van der Waals surface area contributed by atoms with Crippen molar-refractivity contribution in [1.82, 2.24) is 0 Å². The first-order valence-electron chi connectivity index (χ1n) is 9.50. The fourth-order valence-corrected chi connectivity index (χ4v) is 4.89. The van der Waals surface area contributed by atoms with Crippen LogP contribution in [0.3, 0.4) is 0 Å². The maximum atomic E-state index is 13.5. The molecule has 0 unspecified atom stereocenters. The van der Waals surface area contributed by atoms with Gasteiger partial charge in [-0.05, 0) is 47.1 Å². The summed E-state index contributed by atoms with van der Waals surface area (Å²) in [5.74, 6) is 0.165. The molecule has 2 aromatic carbocycles. The minimum atomic E-state index is -3.93. The Labute approximate surface area is 174 Å². The molecular weight excluding hydrogens is 382 g/mol. The monoisotopic (exact) mass is 411 g/mol. The molecule has 0 aliphatic carbocycles. The summed E-state index contributed by atoms with van der Waals surface area (Å²) < 4.78 is 26.9. The van der Waals surface area contributed by atoms with Crippen molar-refractivity contribution in [2.75, 3.05) is 0 Å². The lowest BCUT2D eigenvalue weighted by Crippen LogP contribution is -2.18. The number of nitrogens with zero attached hydrogens (tertiary/aromatic N) is 1. The molecule has 1 N–H and O–H groups in total. The number of hydrogen-bond donors (Lipinski definition) is 1. The number of benzene rings is 2. The van der Waals surface area contributed by atoms with Crippen LogP contribution in [0.2, 0.25) is 0 Å². The Kier molecular flexibility index (Phi) is 6.02. The van der Waals surface area contributed by atoms with Crippen LogP contribution in [0.15, 0.2) is 47.4 Å². The average Bonchev–Trinajstić information content (AvgIpc) is 2.58. The third-order valence-electron chi connectivity index (χ3n) is 4.88. The van der Waals surface area contributed by atoms with Crippen LogP contribution in [0.1, 0.15) is 63.8 Å². The molecule has 0 aliphatic heterocycles. The summed E-state index contributed by atoms with van der Waals surface area (Å²) in [6.07, 6.45) is 1.08. The highest BCUT2D eigenvalue weighted by Gasteiger charge is 2.30. The molecule has 2 rings (SSSR count). The summed E-state index contributed by atoms with van der Waals surface area (Å²) >= 11 is 0. The molecule has 0 aliphatic rings. The third-order valence-corrected chi connectivity index (χ3v) is 6.85. The van der Waals surface area contributed by atoms with Gasteiger partial charge in [-0.15, -0.1) is 0 Å². The van der Waals surface area contributed by atoms with Crippen LogP contribution in [0, 0.1) is 18.3 Å². The van der Waals surface area contributed by atoms with E-state index in [0.29, 0.717) is 22.3 Å². The summed E-state index contributed by atoms with van der Waals surface area (Å²) in [7, 11) is -3.93. The van der Waals surface area contributed by atoms with E-state index in [1.165, 1.54) is 0 Å². The lowest BCUT2D eigenvalue weighted by Gasteiger charge is -2.28. The van der Waals surface area contributed by atoms with Gasteiger partial charge in [0.05, 0.1) is 15.9 Å². The van der Waals surface area contributed by atoms with E-state index in [9.17, 15) is 18.8 Å². The quantitative estimate of drug-likeness (QED) is 0.664. The van der Waals surface area contributed by atoms with Crippen LogP contribution in [0.25, 0.3) is 4.91 Å². The molecule has 0 radical (unpaired) electrons. The predicted octanol–water partition coefficient (Wildman–Crippen LogP) is 5.63. The van der Waals surface area contributed by atoms with Gasteiger partial charge in [0.15, 0.2) is 0 Å². The molecule has 0 atom stereocenters. The van der Waals surface area contributed by atoms with Crippen molar-refractivity contribution in [1.29, 1.82) is 5.26 Å². The number of aryl methyl sites for hydroxylation is 1. The van der Waals surface area contributed by atoms with Crippen molar-refractivity contribution < 1.29 is 13.5 Å². The molecule has 0 amide bonds. The highest BCUT2D eigenvalue weighted by atomic mass is 32.2. The summed E-state index contributed by atoms with van der Waals surface area (Å²) in [5.41, 5.74) is 1.48. The highest BCUT2D eigenvalue weighted by molar-refractivity contribution is 8.00. The van der Waals surface area contributed by atoms with Crippen molar-refractivity contribution in [3.8, 4) is 11.8 Å². The summed E-state index contributed by atoms with van der Waals surface area (Å²) in [6.45, 7) is 13.5. The van der Waals surface area contributed by atoms with Gasteiger partial charge in [-0.2, -0.15) is 5.26 Å². The van der Waals surface area contributed by atoms with Crippen LogP contribution in [-0.4, -0.2) is 13.5 Å². The van der Waals surface area contributed by atoms with Gasteiger partial charge in [-0.3, -0.25) is 0 Å². The molecule has 0 aromatic heterocycles. The number of aromatic hydroxyl groups is 1. The second-order valence-corrected chi connectivity index (χ2v) is 11.2. The molecule has 0 saturated heterocycles. The van der Waals surface area contributed by atoms with Crippen LogP contribution in [-0.2, 0) is 20.7 Å². The Morgan fingerprint density at radius 3 is 1.90 bits per heavy atom. The van der Waals surface area contributed by atoms with Gasteiger partial charge in [-0.25, -0.2) is 8.42 Å². The van der Waals surface area contributed by atoms with E-state index < -0.39 is 20.7 Å². The van der Waals surface area contributed by atoms with Crippen molar-refractivity contribution in [2.45, 2.75) is 64.2 Å². The first-order valence-corrected chi connectivity index (χ1v) is 11.0. The molecule has 29 heavy (non-hydrogen) atoms. The minimum absolute atomic E-state index is 0.0645. The zero-order valence-corrected chi connectivity index (χ0v) is 19.0. The van der Waals surface area contributed by atoms with E-state index >= 15 is 0 Å². The number of phenolic OH excluding ortho intramolecular Hbond substituents is 1. The Bertz CT molecular complexity index is 1070. The van der Waals surface area contributed by atoms with Gasteiger partial charge in [0.2, 0.25) is 9.84 Å². The van der Waals surface area contributed by atoms with Crippen molar-refractivity contribution in [2.24, 2.45) is 0 Å². The minimum Gasteiger partial charge on any atom is -0.507 e. The van der Waals surface area contributed by atoms with Crippen LogP contribution in [0.5, 0.6) is 5.75 Å². The molecule has 154 valence electrons. The normalized spacial score (nSPS) is 13.2. The first kappa shape index (κ1) is 22.7. The van der Waals surface area contributed by atoms with Crippen LogP contribution < -0.4 is 0 Å². The summed E-state index contributed by atoms with van der Waals surface area (Å²) in [5, 5.41) is 20.3. The molecule has 0 bridgehead atoms. The Morgan fingerprint density at radius 1 is 1.00 bits per heavy atom. The van der Waals surface area contributed by atoms with Gasteiger partial charge < -0.3 is 5.11 Å². The lowest BCUT2D eigenvalue weighted by atomic mass is 9.78. The number of phenols is 1. The molecular formula is C24H29NO3S. The Hall–Kier alpha value is -2.58.